The van der Waals surface area contributed by atoms with E-state index in [-0.39, 0.29) is 5.91 Å². The third kappa shape index (κ3) is 2.57. The summed E-state index contributed by atoms with van der Waals surface area (Å²) in [5.74, 6) is -0.374. The first-order valence-corrected chi connectivity index (χ1v) is 4.99. The van der Waals surface area contributed by atoms with Crippen LogP contribution in [0.2, 0.25) is 0 Å². The minimum Gasteiger partial charge on any atom is -0.384 e. The number of amides is 1. The number of aliphatic hydroxyl groups is 1. The van der Waals surface area contributed by atoms with Gasteiger partial charge in [0.2, 0.25) is 0 Å². The number of aryl methyl sites for hydroxylation is 1. The summed E-state index contributed by atoms with van der Waals surface area (Å²) in [4.78, 5) is 11.3. The molecule has 3 heteroatoms. The molecule has 0 radical (unpaired) electrons. The predicted octanol–water partition coefficient (Wildman–Crippen LogP) is 1.93. The molecule has 0 bridgehead atoms. The van der Waals surface area contributed by atoms with Crippen LogP contribution < -0.4 is 5.32 Å². The molecule has 1 aromatic rings. The van der Waals surface area contributed by atoms with E-state index in [1.54, 1.807) is 0 Å². The Morgan fingerprint density at radius 1 is 1.27 bits per heavy atom. The smallest absolute Gasteiger partial charge is 0.252 e. The van der Waals surface area contributed by atoms with E-state index in [2.05, 4.69) is 5.32 Å². The van der Waals surface area contributed by atoms with E-state index in [0.29, 0.717) is 0 Å². The van der Waals surface area contributed by atoms with E-state index < -0.39 is 6.10 Å². The van der Waals surface area contributed by atoms with E-state index >= 15 is 0 Å². The summed E-state index contributed by atoms with van der Waals surface area (Å²) in [6.45, 7) is 7.46. The number of hydrogen-bond acceptors (Lipinski definition) is 2. The van der Waals surface area contributed by atoms with Gasteiger partial charge in [-0.05, 0) is 50.5 Å². The van der Waals surface area contributed by atoms with Crippen LogP contribution in [0.3, 0.4) is 0 Å². The summed E-state index contributed by atoms with van der Waals surface area (Å²) < 4.78 is 0. The fourth-order valence-corrected chi connectivity index (χ4v) is 1.33. The molecule has 0 heterocycles. The van der Waals surface area contributed by atoms with Gasteiger partial charge in [-0.25, -0.2) is 0 Å². The molecule has 0 fully saturated rings. The van der Waals surface area contributed by atoms with Crippen LogP contribution in [0.5, 0.6) is 0 Å². The van der Waals surface area contributed by atoms with Gasteiger partial charge in [-0.1, -0.05) is 6.07 Å². The molecule has 1 unspecified atom stereocenters. The van der Waals surface area contributed by atoms with Gasteiger partial charge in [-0.2, -0.15) is 0 Å². The molecular weight excluding hydrogens is 190 g/mol. The van der Waals surface area contributed by atoms with E-state index in [9.17, 15) is 4.79 Å². The molecular formula is C12H17NO2. The molecule has 15 heavy (non-hydrogen) atoms. The first kappa shape index (κ1) is 11.7. The van der Waals surface area contributed by atoms with Crippen LogP contribution in [0.25, 0.3) is 0 Å². The summed E-state index contributed by atoms with van der Waals surface area (Å²) in [5.41, 5.74) is 4.17. The van der Waals surface area contributed by atoms with Crippen LogP contribution in [-0.4, -0.2) is 17.1 Å². The highest BCUT2D eigenvalue weighted by Crippen LogP contribution is 2.21. The summed E-state index contributed by atoms with van der Waals surface area (Å²) in [6.07, 6.45) is -0.981. The zero-order valence-corrected chi connectivity index (χ0v) is 9.59. The summed E-state index contributed by atoms with van der Waals surface area (Å²) in [6, 6.07) is 3.82. The van der Waals surface area contributed by atoms with Crippen molar-refractivity contribution in [3.05, 3.63) is 28.8 Å². The Hall–Kier alpha value is -1.35. The van der Waals surface area contributed by atoms with Crippen molar-refractivity contribution in [3.63, 3.8) is 0 Å². The first-order chi connectivity index (χ1) is 6.93. The van der Waals surface area contributed by atoms with Gasteiger partial charge in [-0.15, -0.1) is 0 Å². The number of anilines is 1. The predicted molar refractivity (Wildman–Crippen MR) is 61.0 cm³/mol. The Morgan fingerprint density at radius 2 is 1.87 bits per heavy atom. The average molecular weight is 207 g/mol. The van der Waals surface area contributed by atoms with Crippen molar-refractivity contribution in [1.82, 2.24) is 0 Å². The van der Waals surface area contributed by atoms with Gasteiger partial charge in [0.1, 0.15) is 6.10 Å². The van der Waals surface area contributed by atoms with Crippen LogP contribution >= 0.6 is 0 Å². The third-order valence-corrected chi connectivity index (χ3v) is 2.70. The van der Waals surface area contributed by atoms with Crippen LogP contribution in [0.4, 0.5) is 5.69 Å². The fraction of sp³-hybridized carbons (Fsp3) is 0.417. The molecule has 0 aromatic heterocycles. The number of nitrogens with one attached hydrogen (secondary N) is 1. The molecule has 0 aliphatic carbocycles. The second kappa shape index (κ2) is 4.45. The van der Waals surface area contributed by atoms with E-state index in [0.717, 1.165) is 11.3 Å². The lowest BCUT2D eigenvalue weighted by atomic mass is 10.0. The van der Waals surface area contributed by atoms with Gasteiger partial charge in [0.05, 0.1) is 0 Å². The largest absolute Gasteiger partial charge is 0.384 e. The van der Waals surface area contributed by atoms with Gasteiger partial charge in [0.25, 0.3) is 5.91 Å². The molecule has 3 nitrogen and oxygen atoms in total. The molecule has 0 saturated heterocycles. The van der Waals surface area contributed by atoms with Gasteiger partial charge < -0.3 is 10.4 Å². The quantitative estimate of drug-likeness (QED) is 0.778. The molecule has 0 spiro atoms. The van der Waals surface area contributed by atoms with Gasteiger partial charge >= 0.3 is 0 Å². The maximum atomic E-state index is 11.3. The van der Waals surface area contributed by atoms with Crippen molar-refractivity contribution in [2.75, 3.05) is 5.32 Å². The Morgan fingerprint density at radius 3 is 2.40 bits per heavy atom. The minimum atomic E-state index is -0.981. The molecule has 0 aliphatic rings. The van der Waals surface area contributed by atoms with E-state index in [1.807, 2.05) is 32.9 Å². The molecule has 2 N–H and O–H groups in total. The number of hydrogen-bond donors (Lipinski definition) is 2. The number of rotatable bonds is 2. The van der Waals surface area contributed by atoms with Gasteiger partial charge in [0.15, 0.2) is 0 Å². The number of benzene rings is 1. The van der Waals surface area contributed by atoms with Crippen molar-refractivity contribution in [2.45, 2.75) is 33.8 Å². The highest BCUT2D eigenvalue weighted by molar-refractivity contribution is 5.94. The van der Waals surface area contributed by atoms with Gasteiger partial charge in [0, 0.05) is 5.69 Å². The zero-order valence-electron chi connectivity index (χ0n) is 9.59. The second-order valence-electron chi connectivity index (χ2n) is 3.85. The SMILES string of the molecule is Cc1ccc(NC(=O)C(C)O)c(C)c1C. The van der Waals surface area contributed by atoms with Crippen molar-refractivity contribution in [1.29, 1.82) is 0 Å². The maximum Gasteiger partial charge on any atom is 0.252 e. The van der Waals surface area contributed by atoms with Crippen molar-refractivity contribution in [3.8, 4) is 0 Å². The third-order valence-electron chi connectivity index (χ3n) is 2.70. The number of aliphatic hydroxyl groups excluding tert-OH is 1. The maximum absolute atomic E-state index is 11.3. The van der Waals surface area contributed by atoms with Crippen LogP contribution in [0, 0.1) is 20.8 Å². The Labute approximate surface area is 90.1 Å². The topological polar surface area (TPSA) is 49.3 Å². The summed E-state index contributed by atoms with van der Waals surface area (Å²) >= 11 is 0. The Balaban J connectivity index is 2.97. The zero-order chi connectivity index (χ0) is 11.6. The average Bonchev–Trinajstić information content (AvgIpc) is 2.18. The lowest BCUT2D eigenvalue weighted by molar-refractivity contribution is -0.123. The highest BCUT2D eigenvalue weighted by Gasteiger charge is 2.11. The summed E-state index contributed by atoms with van der Waals surface area (Å²) in [5, 5.41) is 11.8. The molecule has 0 saturated carbocycles. The van der Waals surface area contributed by atoms with Crippen molar-refractivity contribution >= 4 is 11.6 Å². The lowest BCUT2D eigenvalue weighted by Crippen LogP contribution is -2.25. The lowest BCUT2D eigenvalue weighted by Gasteiger charge is -2.13. The van der Waals surface area contributed by atoms with E-state index in [1.165, 1.54) is 18.1 Å². The van der Waals surface area contributed by atoms with Crippen LogP contribution in [0.1, 0.15) is 23.6 Å². The van der Waals surface area contributed by atoms with Crippen molar-refractivity contribution in [2.24, 2.45) is 0 Å². The molecule has 1 rings (SSSR count). The Bertz CT molecular complexity index is 383. The normalized spacial score (nSPS) is 12.3. The molecule has 1 atom stereocenters. The number of carbonyl (C=O) groups is 1. The second-order valence-corrected chi connectivity index (χ2v) is 3.85. The monoisotopic (exact) mass is 207 g/mol. The van der Waals surface area contributed by atoms with Gasteiger partial charge in [-0.3, -0.25) is 4.79 Å². The molecule has 1 amide bonds. The van der Waals surface area contributed by atoms with Crippen molar-refractivity contribution < 1.29 is 9.90 Å². The molecule has 1 aromatic carbocycles. The fourth-order valence-electron chi connectivity index (χ4n) is 1.33. The molecule has 82 valence electrons. The highest BCUT2D eigenvalue weighted by atomic mass is 16.3. The Kier molecular flexibility index (Phi) is 3.48. The van der Waals surface area contributed by atoms with Crippen LogP contribution in [0.15, 0.2) is 12.1 Å². The number of carbonyl (C=O) groups excluding carboxylic acids is 1. The molecule has 0 aliphatic heterocycles. The van der Waals surface area contributed by atoms with E-state index in [4.69, 9.17) is 5.11 Å². The standard InChI is InChI=1S/C12H17NO2/c1-7-5-6-11(9(3)8(7)2)13-12(15)10(4)14/h5-6,10,14H,1-4H3,(H,13,15). The summed E-state index contributed by atoms with van der Waals surface area (Å²) in [7, 11) is 0. The van der Waals surface area contributed by atoms with Crippen LogP contribution in [-0.2, 0) is 4.79 Å². The first-order valence-electron chi connectivity index (χ1n) is 4.99. The minimum absolute atomic E-state index is 0.374.